The van der Waals surface area contributed by atoms with Crippen LogP contribution in [0.15, 0.2) is 58.4 Å². The van der Waals surface area contributed by atoms with Gasteiger partial charge in [-0.2, -0.15) is 0 Å². The number of nitrogen functional groups attached to an aromatic ring is 1. The molecule has 142 valence electrons. The quantitative estimate of drug-likeness (QED) is 0.356. The number of aromatic nitrogens is 4. The number of nitrogens with two attached hydrogens (primary N) is 1. The Kier molecular flexibility index (Phi) is 5.42. The highest BCUT2D eigenvalue weighted by Crippen LogP contribution is 2.29. The number of nitrogens with zero attached hydrogens (tertiary/aromatic N) is 4. The predicted molar refractivity (Wildman–Crippen MR) is 115 cm³/mol. The van der Waals surface area contributed by atoms with E-state index in [1.807, 2.05) is 53.2 Å². The molecule has 4 rings (SSSR count). The fourth-order valence-electron chi connectivity index (χ4n) is 2.42. The first-order valence-corrected chi connectivity index (χ1v) is 11.0. The summed E-state index contributed by atoms with van der Waals surface area (Å²) in [4.78, 5) is 18.0. The van der Waals surface area contributed by atoms with Crippen molar-refractivity contribution in [2.24, 2.45) is 0 Å². The van der Waals surface area contributed by atoms with E-state index < -0.39 is 5.25 Å². The summed E-state index contributed by atoms with van der Waals surface area (Å²) in [5.41, 5.74) is 1.85. The monoisotopic (exact) mass is 428 g/mol. The minimum atomic E-state index is -0.410. The fourth-order valence-corrected chi connectivity index (χ4v) is 4.62. The average Bonchev–Trinajstić information content (AvgIpc) is 3.45. The number of hydrogen-bond acceptors (Lipinski definition) is 8. The zero-order valence-corrected chi connectivity index (χ0v) is 17.2. The van der Waals surface area contributed by atoms with Gasteiger partial charge in [0.1, 0.15) is 0 Å². The van der Waals surface area contributed by atoms with Crippen LogP contribution in [0.25, 0.3) is 22.0 Å². The molecule has 0 fully saturated rings. The maximum Gasteiger partial charge on any atom is 0.239 e. The van der Waals surface area contributed by atoms with E-state index in [-0.39, 0.29) is 5.91 Å². The maximum absolute atomic E-state index is 12.5. The van der Waals surface area contributed by atoms with Gasteiger partial charge in [0.2, 0.25) is 11.1 Å². The van der Waals surface area contributed by atoms with E-state index in [0.29, 0.717) is 16.1 Å². The zero-order valence-electron chi connectivity index (χ0n) is 14.8. The number of rotatable bonds is 6. The molecule has 0 radical (unpaired) electrons. The molecule has 10 heteroatoms. The lowest BCUT2D eigenvalue weighted by Gasteiger charge is -2.09. The van der Waals surface area contributed by atoms with Gasteiger partial charge in [-0.3, -0.25) is 4.79 Å². The van der Waals surface area contributed by atoms with Crippen molar-refractivity contribution in [2.45, 2.75) is 17.3 Å². The Morgan fingerprint density at radius 3 is 2.75 bits per heavy atom. The van der Waals surface area contributed by atoms with Gasteiger partial charge in [0, 0.05) is 10.9 Å². The highest BCUT2D eigenvalue weighted by Gasteiger charge is 2.21. The van der Waals surface area contributed by atoms with Gasteiger partial charge in [0.25, 0.3) is 0 Å². The molecule has 1 atom stereocenters. The van der Waals surface area contributed by atoms with Crippen molar-refractivity contribution >= 4 is 45.5 Å². The van der Waals surface area contributed by atoms with Crippen molar-refractivity contribution in [1.82, 2.24) is 19.9 Å². The van der Waals surface area contributed by atoms with E-state index in [1.165, 1.54) is 39.1 Å². The van der Waals surface area contributed by atoms with Gasteiger partial charge in [0.05, 0.1) is 15.8 Å². The number of nitrogens with one attached hydrogen (secondary N) is 1. The molecule has 4 aromatic rings. The van der Waals surface area contributed by atoms with Crippen LogP contribution < -0.4 is 11.2 Å². The summed E-state index contributed by atoms with van der Waals surface area (Å²) < 4.78 is 1.41. The molecule has 0 spiro atoms. The second-order valence-corrected chi connectivity index (χ2v) is 8.92. The van der Waals surface area contributed by atoms with Crippen molar-refractivity contribution in [3.8, 4) is 22.0 Å². The lowest BCUT2D eigenvalue weighted by atomic mass is 10.2. The van der Waals surface area contributed by atoms with Gasteiger partial charge in [-0.05, 0) is 18.4 Å². The highest BCUT2D eigenvalue weighted by atomic mass is 32.2. The van der Waals surface area contributed by atoms with E-state index >= 15 is 0 Å². The number of benzene rings is 1. The normalized spacial score (nSPS) is 12.0. The molecule has 7 nitrogen and oxygen atoms in total. The standard InChI is InChI=1S/C18H16N6OS3/c1-11(28-18-23-22-15(24(18)19)14-8-5-9-26-14)16(25)21-17-20-13(10-27-17)12-6-3-2-4-7-12/h2-11H,19H2,1H3,(H,20,21,25)/t11-/m0/s1. The Hall–Kier alpha value is -2.69. The molecule has 3 aromatic heterocycles. The van der Waals surface area contributed by atoms with Crippen LogP contribution in [0.1, 0.15) is 6.92 Å². The number of thiazole rings is 1. The van der Waals surface area contributed by atoms with Crippen LogP contribution in [0.2, 0.25) is 0 Å². The Balaban J connectivity index is 1.41. The van der Waals surface area contributed by atoms with Gasteiger partial charge in [0.15, 0.2) is 11.0 Å². The predicted octanol–water partition coefficient (Wildman–Crippen LogP) is 3.96. The first-order valence-electron chi connectivity index (χ1n) is 8.34. The van der Waals surface area contributed by atoms with E-state index in [4.69, 9.17) is 5.84 Å². The summed E-state index contributed by atoms with van der Waals surface area (Å²) in [5.74, 6) is 6.51. The van der Waals surface area contributed by atoms with Crippen molar-refractivity contribution in [3.05, 3.63) is 53.2 Å². The largest absolute Gasteiger partial charge is 0.335 e. The molecule has 0 saturated heterocycles. The van der Waals surface area contributed by atoms with Crippen molar-refractivity contribution < 1.29 is 4.79 Å². The number of carbonyl (C=O) groups excluding carboxylic acids is 1. The minimum absolute atomic E-state index is 0.167. The minimum Gasteiger partial charge on any atom is -0.335 e. The summed E-state index contributed by atoms with van der Waals surface area (Å²) in [6.45, 7) is 1.80. The molecule has 0 unspecified atom stereocenters. The SMILES string of the molecule is C[C@H](Sc1nnc(-c2cccs2)n1N)C(=O)Nc1nc(-c2ccccc2)cs1. The molecule has 3 heterocycles. The summed E-state index contributed by atoms with van der Waals surface area (Å²) in [7, 11) is 0. The summed E-state index contributed by atoms with van der Waals surface area (Å²) >= 11 is 4.18. The topological polar surface area (TPSA) is 98.7 Å². The Morgan fingerprint density at radius 2 is 2.00 bits per heavy atom. The van der Waals surface area contributed by atoms with Crippen LogP contribution in [-0.2, 0) is 4.79 Å². The first kappa shape index (κ1) is 18.7. The van der Waals surface area contributed by atoms with Crippen LogP contribution in [0, 0.1) is 0 Å². The van der Waals surface area contributed by atoms with E-state index in [2.05, 4.69) is 20.5 Å². The van der Waals surface area contributed by atoms with Gasteiger partial charge in [-0.1, -0.05) is 48.2 Å². The third kappa shape index (κ3) is 3.93. The Bertz CT molecular complexity index is 1070. The van der Waals surface area contributed by atoms with Crippen LogP contribution in [0.4, 0.5) is 5.13 Å². The van der Waals surface area contributed by atoms with Crippen LogP contribution in [0.5, 0.6) is 0 Å². The molecule has 0 aliphatic rings. The molecule has 0 aliphatic carbocycles. The molecular weight excluding hydrogens is 412 g/mol. The Labute approximate surface area is 173 Å². The molecule has 28 heavy (non-hydrogen) atoms. The van der Waals surface area contributed by atoms with Gasteiger partial charge in [-0.15, -0.1) is 32.9 Å². The molecule has 0 saturated carbocycles. The highest BCUT2D eigenvalue weighted by molar-refractivity contribution is 8.00. The Morgan fingerprint density at radius 1 is 1.18 bits per heavy atom. The number of carbonyl (C=O) groups is 1. The number of hydrogen-bond donors (Lipinski definition) is 2. The maximum atomic E-state index is 12.5. The van der Waals surface area contributed by atoms with Crippen LogP contribution in [0.3, 0.4) is 0 Å². The van der Waals surface area contributed by atoms with E-state index in [0.717, 1.165) is 16.1 Å². The smallest absolute Gasteiger partial charge is 0.239 e. The average molecular weight is 429 g/mol. The lowest BCUT2D eigenvalue weighted by molar-refractivity contribution is -0.115. The lowest BCUT2D eigenvalue weighted by Crippen LogP contribution is -2.23. The number of thioether (sulfide) groups is 1. The second kappa shape index (κ2) is 8.13. The third-order valence-corrected chi connectivity index (χ3v) is 6.54. The van der Waals surface area contributed by atoms with E-state index in [1.54, 1.807) is 6.92 Å². The van der Waals surface area contributed by atoms with Crippen LogP contribution in [-0.4, -0.2) is 31.0 Å². The molecule has 1 aromatic carbocycles. The molecule has 3 N–H and O–H groups in total. The van der Waals surface area contributed by atoms with Gasteiger partial charge >= 0.3 is 0 Å². The number of thiophene rings is 1. The number of anilines is 1. The van der Waals surface area contributed by atoms with Crippen molar-refractivity contribution in [2.75, 3.05) is 11.2 Å². The van der Waals surface area contributed by atoms with E-state index in [9.17, 15) is 4.79 Å². The molecule has 1 amide bonds. The molecular formula is C18H16N6OS3. The zero-order chi connectivity index (χ0) is 19.5. The third-order valence-electron chi connectivity index (χ3n) is 3.86. The first-order chi connectivity index (χ1) is 13.6. The van der Waals surface area contributed by atoms with Crippen molar-refractivity contribution in [1.29, 1.82) is 0 Å². The summed E-state index contributed by atoms with van der Waals surface area (Å²) in [5, 5.41) is 15.6. The molecule has 0 aliphatic heterocycles. The number of amides is 1. The van der Waals surface area contributed by atoms with Gasteiger partial charge in [-0.25, -0.2) is 9.66 Å². The second-order valence-electron chi connectivity index (χ2n) is 5.81. The van der Waals surface area contributed by atoms with Crippen LogP contribution >= 0.6 is 34.4 Å². The fraction of sp³-hybridized carbons (Fsp3) is 0.111. The van der Waals surface area contributed by atoms with Crippen molar-refractivity contribution in [3.63, 3.8) is 0 Å². The summed E-state index contributed by atoms with van der Waals surface area (Å²) in [6, 6.07) is 13.7. The van der Waals surface area contributed by atoms with Gasteiger partial charge < -0.3 is 11.2 Å². The summed E-state index contributed by atoms with van der Waals surface area (Å²) in [6.07, 6.45) is 0. The molecule has 0 bridgehead atoms.